The number of nitrogens with zero attached hydrogens (tertiary/aromatic N) is 1. The van der Waals surface area contributed by atoms with Crippen molar-refractivity contribution < 1.29 is 9.90 Å². The molecular weight excluding hydrogens is 228 g/mol. The maximum absolute atomic E-state index is 11.6. The van der Waals surface area contributed by atoms with Gasteiger partial charge in [0.1, 0.15) is 10.8 Å². The third-order valence-electron chi connectivity index (χ3n) is 2.74. The Morgan fingerprint density at radius 1 is 1.56 bits per heavy atom. The zero-order valence-electron chi connectivity index (χ0n) is 8.90. The number of aromatic hydroxyl groups is 1. The van der Waals surface area contributed by atoms with Gasteiger partial charge in [0, 0.05) is 19.0 Å². The minimum Gasteiger partial charge on any atom is -0.506 e. The fourth-order valence-corrected chi connectivity index (χ4v) is 2.14. The molecule has 86 valence electrons. The van der Waals surface area contributed by atoms with E-state index in [0.717, 1.165) is 0 Å². The van der Waals surface area contributed by atoms with Crippen molar-refractivity contribution in [3.63, 3.8) is 0 Å². The average molecular weight is 241 g/mol. The fourth-order valence-electron chi connectivity index (χ4n) is 1.83. The van der Waals surface area contributed by atoms with Gasteiger partial charge in [0.2, 0.25) is 5.91 Å². The second-order valence-electron chi connectivity index (χ2n) is 4.03. The van der Waals surface area contributed by atoms with Crippen LogP contribution in [0.2, 0.25) is 5.02 Å². The highest BCUT2D eigenvalue weighted by Gasteiger charge is 2.30. The summed E-state index contributed by atoms with van der Waals surface area (Å²) in [5.74, 6) is -0.0370. The van der Waals surface area contributed by atoms with Crippen molar-refractivity contribution in [3.05, 3.63) is 22.7 Å². The first-order chi connectivity index (χ1) is 7.50. The van der Waals surface area contributed by atoms with Crippen LogP contribution in [0.4, 0.5) is 5.69 Å². The Balaban J connectivity index is 2.42. The van der Waals surface area contributed by atoms with E-state index in [9.17, 15) is 9.90 Å². The molecule has 1 fully saturated rings. The second kappa shape index (κ2) is 3.96. The van der Waals surface area contributed by atoms with Gasteiger partial charge in [-0.2, -0.15) is 0 Å². The minimum absolute atomic E-state index is 0.0208. The van der Waals surface area contributed by atoms with E-state index in [2.05, 4.69) is 0 Å². The summed E-state index contributed by atoms with van der Waals surface area (Å²) in [4.78, 5) is 13.2. The third-order valence-corrected chi connectivity index (χ3v) is 3.12. The number of halogens is 1. The molecular formula is C11H13ClN2O2. The number of carbonyl (C=O) groups is 1. The summed E-state index contributed by atoms with van der Waals surface area (Å²) < 4.78 is 0. The normalized spacial score (nSPS) is 20.6. The number of aryl methyl sites for hydroxylation is 1. The van der Waals surface area contributed by atoms with Crippen LogP contribution in [0.5, 0.6) is 5.75 Å². The van der Waals surface area contributed by atoms with E-state index in [-0.39, 0.29) is 22.7 Å². The van der Waals surface area contributed by atoms with Crippen LogP contribution >= 0.6 is 11.6 Å². The zero-order valence-corrected chi connectivity index (χ0v) is 9.66. The molecule has 1 atom stereocenters. The van der Waals surface area contributed by atoms with Crippen LogP contribution in [-0.4, -0.2) is 23.6 Å². The highest BCUT2D eigenvalue weighted by molar-refractivity contribution is 6.35. The summed E-state index contributed by atoms with van der Waals surface area (Å²) in [6.07, 6.45) is 0.324. The van der Waals surface area contributed by atoms with E-state index in [1.54, 1.807) is 19.1 Å². The smallest absolute Gasteiger partial charge is 0.228 e. The van der Waals surface area contributed by atoms with Crippen molar-refractivity contribution >= 4 is 23.2 Å². The van der Waals surface area contributed by atoms with Gasteiger partial charge in [0.15, 0.2) is 0 Å². The highest BCUT2D eigenvalue weighted by atomic mass is 35.5. The Morgan fingerprint density at radius 3 is 2.81 bits per heavy atom. The maximum atomic E-state index is 11.6. The highest BCUT2D eigenvalue weighted by Crippen LogP contribution is 2.37. The van der Waals surface area contributed by atoms with Gasteiger partial charge in [-0.3, -0.25) is 4.79 Å². The molecule has 0 radical (unpaired) electrons. The summed E-state index contributed by atoms with van der Waals surface area (Å²) in [7, 11) is 0. The summed E-state index contributed by atoms with van der Waals surface area (Å²) >= 11 is 6.01. The van der Waals surface area contributed by atoms with Crippen LogP contribution < -0.4 is 10.6 Å². The number of hydrogen-bond donors (Lipinski definition) is 2. The van der Waals surface area contributed by atoms with E-state index in [1.807, 2.05) is 0 Å². The Hall–Kier alpha value is -1.26. The number of phenolic OH excluding ortho intramolecular Hbond substituents is 1. The maximum Gasteiger partial charge on any atom is 0.228 e. The first kappa shape index (κ1) is 11.2. The molecule has 5 heteroatoms. The van der Waals surface area contributed by atoms with Gasteiger partial charge in [-0.05, 0) is 18.6 Å². The van der Waals surface area contributed by atoms with Crippen molar-refractivity contribution in [1.29, 1.82) is 0 Å². The summed E-state index contributed by atoms with van der Waals surface area (Å²) in [5, 5.41) is 9.91. The Morgan fingerprint density at radius 2 is 2.25 bits per heavy atom. The molecule has 1 aromatic rings. The quantitative estimate of drug-likeness (QED) is 0.780. The van der Waals surface area contributed by atoms with Gasteiger partial charge < -0.3 is 15.7 Å². The van der Waals surface area contributed by atoms with E-state index >= 15 is 0 Å². The van der Waals surface area contributed by atoms with E-state index in [1.165, 1.54) is 4.90 Å². The lowest BCUT2D eigenvalue weighted by molar-refractivity contribution is -0.117. The van der Waals surface area contributed by atoms with Gasteiger partial charge in [-0.15, -0.1) is 0 Å². The molecule has 0 bridgehead atoms. The molecule has 16 heavy (non-hydrogen) atoms. The summed E-state index contributed by atoms with van der Waals surface area (Å²) in [6, 6.07) is 3.30. The Bertz CT molecular complexity index is 448. The van der Waals surface area contributed by atoms with E-state index < -0.39 is 0 Å². The minimum atomic E-state index is -0.160. The molecule has 0 aliphatic carbocycles. The lowest BCUT2D eigenvalue weighted by Crippen LogP contribution is -2.28. The van der Waals surface area contributed by atoms with Crippen LogP contribution in [0.1, 0.15) is 12.0 Å². The topological polar surface area (TPSA) is 66.6 Å². The first-order valence-electron chi connectivity index (χ1n) is 5.04. The van der Waals surface area contributed by atoms with Crippen molar-refractivity contribution in [2.75, 3.05) is 11.4 Å². The van der Waals surface area contributed by atoms with Gasteiger partial charge >= 0.3 is 0 Å². The van der Waals surface area contributed by atoms with Crippen molar-refractivity contribution in [1.82, 2.24) is 0 Å². The van der Waals surface area contributed by atoms with Crippen molar-refractivity contribution in [3.8, 4) is 5.75 Å². The average Bonchev–Trinajstić information content (AvgIpc) is 2.55. The molecule has 3 N–H and O–H groups in total. The largest absolute Gasteiger partial charge is 0.506 e. The molecule has 0 spiro atoms. The van der Waals surface area contributed by atoms with Crippen LogP contribution in [0.3, 0.4) is 0 Å². The molecule has 1 aliphatic heterocycles. The number of carbonyl (C=O) groups excluding carboxylic acids is 1. The second-order valence-corrected chi connectivity index (χ2v) is 4.41. The molecule has 0 aromatic heterocycles. The lowest BCUT2D eigenvalue weighted by atomic mass is 10.2. The number of phenols is 1. The predicted molar refractivity (Wildman–Crippen MR) is 62.8 cm³/mol. The lowest BCUT2D eigenvalue weighted by Gasteiger charge is -2.18. The number of amides is 1. The molecule has 1 saturated heterocycles. The molecule has 1 unspecified atom stereocenters. The monoisotopic (exact) mass is 240 g/mol. The number of rotatable bonds is 1. The Kier molecular flexibility index (Phi) is 2.78. The fraction of sp³-hybridized carbons (Fsp3) is 0.364. The van der Waals surface area contributed by atoms with Crippen molar-refractivity contribution in [2.24, 2.45) is 5.73 Å². The van der Waals surface area contributed by atoms with Gasteiger partial charge in [0.05, 0.1) is 5.69 Å². The summed E-state index contributed by atoms with van der Waals surface area (Å²) in [6.45, 7) is 2.20. The third kappa shape index (κ3) is 1.74. The number of benzene rings is 1. The number of nitrogens with two attached hydrogens (primary N) is 1. The van der Waals surface area contributed by atoms with Gasteiger partial charge in [-0.1, -0.05) is 17.7 Å². The SMILES string of the molecule is Cc1ccc(N2CC(N)CC2=O)c(Cl)c1O. The zero-order chi connectivity index (χ0) is 11.9. The summed E-state index contributed by atoms with van der Waals surface area (Å²) in [5.41, 5.74) is 6.92. The Labute approximate surface area is 98.6 Å². The molecule has 2 rings (SSSR count). The van der Waals surface area contributed by atoms with Gasteiger partial charge in [0.25, 0.3) is 0 Å². The van der Waals surface area contributed by atoms with Gasteiger partial charge in [-0.25, -0.2) is 0 Å². The molecule has 1 amide bonds. The number of hydrogen-bond acceptors (Lipinski definition) is 3. The van der Waals surface area contributed by atoms with E-state index in [0.29, 0.717) is 24.2 Å². The molecule has 1 aliphatic rings. The van der Waals surface area contributed by atoms with Crippen LogP contribution in [0.25, 0.3) is 0 Å². The van der Waals surface area contributed by atoms with Crippen LogP contribution in [0, 0.1) is 6.92 Å². The predicted octanol–water partition coefficient (Wildman–Crippen LogP) is 1.42. The first-order valence-corrected chi connectivity index (χ1v) is 5.42. The molecule has 1 aromatic carbocycles. The van der Waals surface area contributed by atoms with Crippen LogP contribution in [-0.2, 0) is 4.79 Å². The van der Waals surface area contributed by atoms with E-state index in [4.69, 9.17) is 17.3 Å². The molecule has 1 heterocycles. The molecule has 0 saturated carbocycles. The number of anilines is 1. The standard InChI is InChI=1S/C11H13ClN2O2/c1-6-2-3-8(10(12)11(6)16)14-5-7(13)4-9(14)15/h2-3,7,16H,4-5,13H2,1H3. The van der Waals surface area contributed by atoms with Crippen molar-refractivity contribution in [2.45, 2.75) is 19.4 Å². The van der Waals surface area contributed by atoms with Crippen LogP contribution in [0.15, 0.2) is 12.1 Å². The molecule has 4 nitrogen and oxygen atoms in total.